The van der Waals surface area contributed by atoms with E-state index in [1.54, 1.807) is 22.5 Å². The molecule has 3 N–H and O–H groups in total. The molecule has 0 spiro atoms. The average Bonchev–Trinajstić information content (AvgIpc) is 3.47. The lowest BCUT2D eigenvalue weighted by molar-refractivity contribution is -0.145. The number of phenolic OH excluding ortho intramolecular Hbond substituents is 2. The number of nitrogens with one attached hydrogen (secondary N) is 1. The Morgan fingerprint density at radius 2 is 1.44 bits per heavy atom. The summed E-state index contributed by atoms with van der Waals surface area (Å²) in [5, 5.41) is 30.3. The van der Waals surface area contributed by atoms with E-state index in [4.69, 9.17) is 67.5 Å². The fourth-order valence-corrected chi connectivity index (χ4v) is 7.62. The molecule has 5 heterocycles. The van der Waals surface area contributed by atoms with Crippen molar-refractivity contribution in [3.05, 3.63) is 96.2 Å². The van der Waals surface area contributed by atoms with Crippen LogP contribution in [0.2, 0.25) is 25.2 Å². The topological polar surface area (TPSA) is 188 Å². The predicted molar refractivity (Wildman–Crippen MR) is 220 cm³/mol. The van der Waals surface area contributed by atoms with Crippen molar-refractivity contribution < 1.29 is 38.9 Å². The monoisotopic (exact) mass is 903 g/mol. The van der Waals surface area contributed by atoms with Crippen LogP contribution in [0.15, 0.2) is 42.7 Å². The molecule has 2 aromatic carbocycles. The molecule has 0 bridgehead atoms. The van der Waals surface area contributed by atoms with Crippen LogP contribution >= 0.6 is 58.0 Å². The zero-order valence-electron chi connectivity index (χ0n) is 31.5. The number of benzene rings is 2. The SMILES string of the molecule is CCCCOC(=O)Cn1cc(-c2cc(O)c(C(=O)c3[nH]c(Cl)c(Cl)c3-n3c(C(=O)c4cc(Cl)c(-c5cn6n5C6C(=O)OCCCC)cc4O)cc(Cl)c3C)cc2Cl)nn1. The van der Waals surface area contributed by atoms with Crippen LogP contribution in [-0.4, -0.2) is 80.8 Å². The van der Waals surface area contributed by atoms with Crippen molar-refractivity contribution in [2.24, 2.45) is 0 Å². The number of aromatic hydroxyl groups is 2. The van der Waals surface area contributed by atoms with Crippen molar-refractivity contribution in [2.75, 3.05) is 13.2 Å². The first-order chi connectivity index (χ1) is 28.2. The minimum absolute atomic E-state index is 0.00663. The summed E-state index contributed by atoms with van der Waals surface area (Å²) in [6, 6.07) is 6.37. The molecule has 1 aliphatic rings. The number of nitrogens with zero attached hydrogens (tertiary/aromatic N) is 6. The third-order valence-corrected chi connectivity index (χ3v) is 11.4. The Hall–Kier alpha value is -5.19. The lowest BCUT2D eigenvalue weighted by atomic mass is 10.0. The number of phenols is 2. The second-order valence-corrected chi connectivity index (χ2v) is 15.6. The maximum absolute atomic E-state index is 14.3. The van der Waals surface area contributed by atoms with Gasteiger partial charge in [0.05, 0.1) is 68.9 Å². The smallest absolute Gasteiger partial charge is 0.353 e. The summed E-state index contributed by atoms with van der Waals surface area (Å²) >= 11 is 33.1. The maximum Gasteiger partial charge on any atom is 0.353 e. The average molecular weight is 906 g/mol. The van der Waals surface area contributed by atoms with Crippen molar-refractivity contribution >= 4 is 81.5 Å². The fraction of sp³-hybridized carbons (Fsp3) is 0.282. The first kappa shape index (κ1) is 42.0. The molecule has 0 saturated carbocycles. The molecule has 1 unspecified atom stereocenters. The maximum atomic E-state index is 14.3. The summed E-state index contributed by atoms with van der Waals surface area (Å²) in [6.45, 7) is 5.92. The van der Waals surface area contributed by atoms with E-state index in [2.05, 4.69) is 15.3 Å². The minimum Gasteiger partial charge on any atom is -0.507 e. The van der Waals surface area contributed by atoms with Crippen LogP contribution in [0.4, 0.5) is 0 Å². The molecule has 59 heavy (non-hydrogen) atoms. The summed E-state index contributed by atoms with van der Waals surface area (Å²) in [7, 11) is 0. The van der Waals surface area contributed by atoms with Crippen LogP contribution < -0.4 is 0 Å². The normalized spacial score (nSPS) is 13.1. The van der Waals surface area contributed by atoms with Gasteiger partial charge in [0.15, 0.2) is 0 Å². The summed E-state index contributed by atoms with van der Waals surface area (Å²) in [6.07, 6.45) is 5.69. The molecule has 15 nitrogen and oxygen atoms in total. The van der Waals surface area contributed by atoms with Gasteiger partial charge in [0.25, 0.3) is 0 Å². The lowest BCUT2D eigenvalue weighted by Gasteiger charge is -2.15. The van der Waals surface area contributed by atoms with Crippen LogP contribution in [0.25, 0.3) is 28.2 Å². The second-order valence-electron chi connectivity index (χ2n) is 13.6. The predicted octanol–water partition coefficient (Wildman–Crippen LogP) is 8.83. The number of carbonyl (C=O) groups is 4. The van der Waals surface area contributed by atoms with Crippen LogP contribution in [-0.2, 0) is 25.6 Å². The first-order valence-electron chi connectivity index (χ1n) is 18.3. The molecule has 0 amide bonds. The highest BCUT2D eigenvalue weighted by Gasteiger charge is 2.45. The number of aromatic amines is 1. The van der Waals surface area contributed by atoms with Gasteiger partial charge in [0.1, 0.15) is 39.6 Å². The van der Waals surface area contributed by atoms with E-state index in [1.807, 2.05) is 13.8 Å². The van der Waals surface area contributed by atoms with Gasteiger partial charge in [0.2, 0.25) is 17.7 Å². The van der Waals surface area contributed by atoms with Crippen molar-refractivity contribution in [3.63, 3.8) is 0 Å². The van der Waals surface area contributed by atoms with Crippen LogP contribution in [0.1, 0.15) is 83.5 Å². The molecule has 0 radical (unpaired) electrons. The van der Waals surface area contributed by atoms with Gasteiger partial charge in [-0.25, -0.2) is 14.2 Å². The molecule has 0 saturated heterocycles. The zero-order valence-corrected chi connectivity index (χ0v) is 35.3. The van der Waals surface area contributed by atoms with E-state index in [1.165, 1.54) is 45.8 Å². The van der Waals surface area contributed by atoms with Crippen molar-refractivity contribution in [3.8, 4) is 39.7 Å². The number of H-pyrrole nitrogens is 1. The van der Waals surface area contributed by atoms with Crippen molar-refractivity contribution in [2.45, 2.75) is 59.2 Å². The molecule has 0 aliphatic carbocycles. The highest BCUT2D eigenvalue weighted by molar-refractivity contribution is 6.44. The number of unbranched alkanes of at least 4 members (excludes halogenated alkanes) is 2. The summed E-state index contributed by atoms with van der Waals surface area (Å²) in [5.41, 5.74) is 0.695. The van der Waals surface area contributed by atoms with Gasteiger partial charge < -0.3 is 29.2 Å². The van der Waals surface area contributed by atoms with Crippen LogP contribution in [0.3, 0.4) is 0 Å². The van der Waals surface area contributed by atoms with Gasteiger partial charge in [-0.2, -0.15) is 0 Å². The highest BCUT2D eigenvalue weighted by Crippen LogP contribution is 2.45. The van der Waals surface area contributed by atoms with Gasteiger partial charge >= 0.3 is 11.9 Å². The molecule has 1 aliphatic heterocycles. The molecular formula is C39H34Cl5N7O8. The number of aromatic nitrogens is 7. The molecule has 7 rings (SSSR count). The highest BCUT2D eigenvalue weighted by atomic mass is 35.5. The quantitative estimate of drug-likeness (QED) is 0.0481. The summed E-state index contributed by atoms with van der Waals surface area (Å²) in [4.78, 5) is 55.9. The third kappa shape index (κ3) is 7.85. The van der Waals surface area contributed by atoms with E-state index in [9.17, 15) is 29.4 Å². The number of esters is 2. The molecule has 308 valence electrons. The van der Waals surface area contributed by atoms with Gasteiger partial charge in [-0.1, -0.05) is 89.9 Å². The number of carbonyl (C=O) groups excluding carboxylic acids is 4. The standard InChI is InChI=1S/C39H34Cl5N7O8/c1-4-6-8-58-31(54)17-48-15-26(46-47-48)19-12-29(52)22(11-24(19)41)36(56)33-34(32(43)37(44)45-33)50-18(3)23(40)14-27(50)35(55)21-10-25(42)20(13-30(21)53)28-16-49-38(51(28)49)39(57)59-9-7-5-2/h10-16,38,45,52-53H,4-9,17H2,1-3H3. The van der Waals surface area contributed by atoms with Crippen molar-refractivity contribution in [1.29, 1.82) is 0 Å². The second kappa shape index (κ2) is 16.8. The Labute approximate surface area is 360 Å². The third-order valence-electron chi connectivity index (χ3n) is 9.67. The number of hydrogen-bond acceptors (Lipinski definition) is 10. The number of hydrogen-bond donors (Lipinski definition) is 3. The number of halogens is 5. The summed E-state index contributed by atoms with van der Waals surface area (Å²) in [5.74, 6) is -3.41. The Morgan fingerprint density at radius 3 is 2.12 bits per heavy atom. The van der Waals surface area contributed by atoms with Gasteiger partial charge in [-0.05, 0) is 50.1 Å². The van der Waals surface area contributed by atoms with Crippen LogP contribution in [0.5, 0.6) is 11.5 Å². The zero-order chi connectivity index (χ0) is 42.4. The largest absolute Gasteiger partial charge is 0.507 e. The van der Waals surface area contributed by atoms with Crippen molar-refractivity contribution in [1.82, 2.24) is 33.9 Å². The molecule has 4 aromatic heterocycles. The minimum atomic E-state index is -0.818. The summed E-state index contributed by atoms with van der Waals surface area (Å²) < 4.78 is 16.4. The number of ketones is 2. The lowest BCUT2D eigenvalue weighted by Crippen LogP contribution is -2.14. The number of rotatable bonds is 16. The Bertz CT molecular complexity index is 2670. The number of ether oxygens (including phenoxy) is 2. The molecule has 6 aromatic rings. The van der Waals surface area contributed by atoms with Crippen LogP contribution in [0, 0.1) is 6.92 Å². The van der Waals surface area contributed by atoms with E-state index >= 15 is 0 Å². The van der Waals surface area contributed by atoms with E-state index < -0.39 is 41.2 Å². The molecule has 1 atom stereocenters. The van der Waals surface area contributed by atoms with E-state index in [0.717, 1.165) is 25.7 Å². The Kier molecular flexibility index (Phi) is 12.0. The van der Waals surface area contributed by atoms with Gasteiger partial charge in [-0.15, -0.1) is 5.10 Å². The molecule has 0 fully saturated rings. The Morgan fingerprint density at radius 1 is 0.814 bits per heavy atom. The molecular weight excluding hydrogens is 872 g/mol. The van der Waals surface area contributed by atoms with Gasteiger partial charge in [-0.3, -0.25) is 19.1 Å². The van der Waals surface area contributed by atoms with E-state index in [-0.39, 0.29) is 83.5 Å². The van der Waals surface area contributed by atoms with Gasteiger partial charge in [0, 0.05) is 16.8 Å². The Balaban J connectivity index is 1.18. The number of fused-ring (bicyclic) bond motifs is 1. The van der Waals surface area contributed by atoms with E-state index in [0.29, 0.717) is 17.9 Å². The fourth-order valence-electron chi connectivity index (χ4n) is 6.50. The molecule has 20 heteroatoms. The first-order valence-corrected chi connectivity index (χ1v) is 20.2.